The average molecular weight is 383 g/mol. The third-order valence-electron chi connectivity index (χ3n) is 3.56. The molecule has 0 unspecified atom stereocenters. The molecule has 0 aliphatic carbocycles. The second-order valence-electron chi connectivity index (χ2n) is 5.52. The van der Waals surface area contributed by atoms with Crippen molar-refractivity contribution in [3.05, 3.63) is 65.9 Å². The maximum Gasteiger partial charge on any atom is 0.338 e. The van der Waals surface area contributed by atoms with Gasteiger partial charge in [0.2, 0.25) is 11.9 Å². The van der Waals surface area contributed by atoms with Gasteiger partial charge in [-0.05, 0) is 41.1 Å². The smallest absolute Gasteiger partial charge is 0.338 e. The van der Waals surface area contributed by atoms with Gasteiger partial charge in [0.05, 0.1) is 16.4 Å². The highest BCUT2D eigenvalue weighted by Crippen LogP contribution is 2.10. The number of carbonyl (C=O) groups excluding carboxylic acids is 2. The number of nitrogens with zero attached hydrogens (tertiary/aromatic N) is 2. The summed E-state index contributed by atoms with van der Waals surface area (Å²) in [4.78, 5) is 34.6. The standard InChI is InChI=1S/C18H13N3O7/c22-15(19-13-5-1-11(2-6-13)17(24)25)10-27-18(26)12-3-7-14(8-4-12)21-9-16(23)28-20-21/h1-9H,10H2,(H2-,19,20,22,23,24,25). The summed E-state index contributed by atoms with van der Waals surface area (Å²) in [6.45, 7) is -0.515. The van der Waals surface area contributed by atoms with Gasteiger partial charge in [-0.3, -0.25) is 4.79 Å². The van der Waals surface area contributed by atoms with Crippen molar-refractivity contribution >= 4 is 23.5 Å². The molecule has 3 rings (SSSR count). The molecular weight excluding hydrogens is 370 g/mol. The summed E-state index contributed by atoms with van der Waals surface area (Å²) >= 11 is 0. The lowest BCUT2D eigenvalue weighted by Crippen LogP contribution is -2.31. The number of aromatic carboxylic acids is 1. The second kappa shape index (κ2) is 7.99. The Bertz CT molecular complexity index is 1010. The molecule has 2 aromatic carbocycles. The Morgan fingerprint density at radius 1 is 1.07 bits per heavy atom. The van der Waals surface area contributed by atoms with E-state index in [0.717, 1.165) is 6.20 Å². The van der Waals surface area contributed by atoms with Gasteiger partial charge in [-0.2, -0.15) is 0 Å². The van der Waals surface area contributed by atoms with E-state index in [-0.39, 0.29) is 11.1 Å². The van der Waals surface area contributed by atoms with Crippen LogP contribution in [0.3, 0.4) is 0 Å². The Labute approximate surface area is 157 Å². The van der Waals surface area contributed by atoms with Crippen LogP contribution < -0.4 is 15.1 Å². The summed E-state index contributed by atoms with van der Waals surface area (Å²) in [7, 11) is 0. The number of aromatic nitrogens is 2. The first-order valence-corrected chi connectivity index (χ1v) is 7.89. The lowest BCUT2D eigenvalue weighted by Gasteiger charge is -2.07. The van der Waals surface area contributed by atoms with Gasteiger partial charge in [0.1, 0.15) is 5.95 Å². The number of amides is 1. The minimum absolute atomic E-state index is 0.0862. The zero-order valence-electron chi connectivity index (χ0n) is 14.2. The topological polar surface area (TPSA) is 146 Å². The highest BCUT2D eigenvalue weighted by molar-refractivity contribution is 5.96. The van der Waals surface area contributed by atoms with Crippen LogP contribution in [0.15, 0.2) is 59.3 Å². The van der Waals surface area contributed by atoms with E-state index in [0.29, 0.717) is 11.4 Å². The fourth-order valence-electron chi connectivity index (χ4n) is 2.21. The Balaban J connectivity index is 1.53. The van der Waals surface area contributed by atoms with Crippen molar-refractivity contribution in [2.24, 2.45) is 0 Å². The number of esters is 1. The highest BCUT2D eigenvalue weighted by Gasteiger charge is 2.14. The SMILES string of the molecule is O=C(COC(=O)c1ccc(-[n+]2cc([O-])on2)cc1)Nc1ccc(C(=O)O)cc1. The fourth-order valence-corrected chi connectivity index (χ4v) is 2.21. The van der Waals surface area contributed by atoms with Crippen LogP contribution >= 0.6 is 0 Å². The lowest BCUT2D eigenvalue weighted by atomic mass is 10.2. The van der Waals surface area contributed by atoms with Crippen LogP contribution in [0.25, 0.3) is 5.69 Å². The molecule has 10 nitrogen and oxygen atoms in total. The number of hydrogen-bond donors (Lipinski definition) is 2. The van der Waals surface area contributed by atoms with Crippen LogP contribution in [-0.2, 0) is 9.53 Å². The molecule has 0 saturated heterocycles. The maximum absolute atomic E-state index is 12.0. The van der Waals surface area contributed by atoms with Crippen LogP contribution in [0.5, 0.6) is 5.95 Å². The molecule has 0 fully saturated rings. The molecule has 0 aliphatic rings. The molecule has 0 saturated carbocycles. The van der Waals surface area contributed by atoms with E-state index in [1.165, 1.54) is 53.2 Å². The zero-order chi connectivity index (χ0) is 20.1. The first-order valence-electron chi connectivity index (χ1n) is 7.89. The van der Waals surface area contributed by atoms with E-state index in [4.69, 9.17) is 9.84 Å². The average Bonchev–Trinajstić information content (AvgIpc) is 3.13. The monoisotopic (exact) mass is 383 g/mol. The first kappa shape index (κ1) is 18.6. The minimum atomic E-state index is -1.08. The van der Waals surface area contributed by atoms with E-state index in [1.54, 1.807) is 0 Å². The van der Waals surface area contributed by atoms with Crippen LogP contribution in [0.4, 0.5) is 5.69 Å². The fraction of sp³-hybridized carbons (Fsp3) is 0.0556. The molecule has 0 atom stereocenters. The molecule has 1 aromatic heterocycles. The largest absolute Gasteiger partial charge is 0.539 e. The van der Waals surface area contributed by atoms with E-state index in [2.05, 4.69) is 15.1 Å². The maximum atomic E-state index is 12.0. The summed E-state index contributed by atoms with van der Waals surface area (Å²) in [6.07, 6.45) is 1.14. The van der Waals surface area contributed by atoms with Gasteiger partial charge in [0.25, 0.3) is 5.91 Å². The Hall–Kier alpha value is -4.21. The summed E-state index contributed by atoms with van der Waals surface area (Å²) in [5.41, 5.74) is 1.17. The van der Waals surface area contributed by atoms with Crippen LogP contribution in [0, 0.1) is 0 Å². The van der Waals surface area contributed by atoms with E-state index >= 15 is 0 Å². The summed E-state index contributed by atoms with van der Waals surface area (Å²) in [5, 5.41) is 25.8. The number of carbonyl (C=O) groups is 3. The lowest BCUT2D eigenvalue weighted by molar-refractivity contribution is -0.670. The van der Waals surface area contributed by atoms with E-state index in [9.17, 15) is 19.5 Å². The molecule has 0 spiro atoms. The Morgan fingerprint density at radius 2 is 1.71 bits per heavy atom. The van der Waals surface area contributed by atoms with Crippen LogP contribution in [0.1, 0.15) is 20.7 Å². The number of anilines is 1. The van der Waals surface area contributed by atoms with Crippen LogP contribution in [-0.4, -0.2) is 34.8 Å². The molecule has 0 bridgehead atoms. The van der Waals surface area contributed by atoms with Crippen molar-refractivity contribution in [1.29, 1.82) is 0 Å². The molecule has 1 heterocycles. The normalized spacial score (nSPS) is 10.3. The second-order valence-corrected chi connectivity index (χ2v) is 5.52. The molecule has 1 amide bonds. The van der Waals surface area contributed by atoms with Gasteiger partial charge >= 0.3 is 11.9 Å². The predicted molar refractivity (Wildman–Crippen MR) is 89.8 cm³/mol. The molecule has 0 radical (unpaired) electrons. The number of rotatable bonds is 6. The van der Waals surface area contributed by atoms with Crippen LogP contribution in [0.2, 0.25) is 0 Å². The van der Waals surface area contributed by atoms with Crippen molar-refractivity contribution in [3.8, 4) is 11.6 Å². The highest BCUT2D eigenvalue weighted by atomic mass is 16.6. The number of carboxylic acids is 1. The zero-order valence-corrected chi connectivity index (χ0v) is 14.2. The van der Waals surface area contributed by atoms with Gasteiger partial charge in [-0.15, -0.1) is 0 Å². The third kappa shape index (κ3) is 4.49. The predicted octanol–water partition coefficient (Wildman–Crippen LogP) is 0.519. The number of benzene rings is 2. The molecule has 2 N–H and O–H groups in total. The summed E-state index contributed by atoms with van der Waals surface area (Å²) in [5.74, 6) is -2.97. The van der Waals surface area contributed by atoms with Crippen molar-refractivity contribution < 1.29 is 38.5 Å². The molecule has 10 heteroatoms. The van der Waals surface area contributed by atoms with Gasteiger partial charge in [-0.1, -0.05) is 0 Å². The van der Waals surface area contributed by atoms with Gasteiger partial charge in [-0.25, -0.2) is 9.59 Å². The van der Waals surface area contributed by atoms with Crippen molar-refractivity contribution in [2.45, 2.75) is 0 Å². The number of nitrogens with one attached hydrogen (secondary N) is 1. The summed E-state index contributed by atoms with van der Waals surface area (Å²) in [6, 6.07) is 11.5. The number of carboxylic acid groups (broad SMARTS) is 1. The third-order valence-corrected chi connectivity index (χ3v) is 3.56. The van der Waals surface area contributed by atoms with Gasteiger partial charge in [0.15, 0.2) is 6.61 Å². The molecule has 142 valence electrons. The molecule has 3 aromatic rings. The molecule has 0 aliphatic heterocycles. The van der Waals surface area contributed by atoms with Crippen molar-refractivity contribution in [3.63, 3.8) is 0 Å². The van der Waals surface area contributed by atoms with Crippen molar-refractivity contribution in [2.75, 3.05) is 11.9 Å². The molecule has 28 heavy (non-hydrogen) atoms. The quantitative estimate of drug-likeness (QED) is 0.463. The van der Waals surface area contributed by atoms with Gasteiger partial charge < -0.3 is 24.8 Å². The minimum Gasteiger partial charge on any atom is -0.539 e. The summed E-state index contributed by atoms with van der Waals surface area (Å²) < 4.78 is 10.6. The van der Waals surface area contributed by atoms with E-state index in [1.807, 2.05) is 0 Å². The van der Waals surface area contributed by atoms with E-state index < -0.39 is 30.4 Å². The molecular formula is C18H13N3O7. The van der Waals surface area contributed by atoms with Crippen molar-refractivity contribution in [1.82, 2.24) is 5.27 Å². The number of hydrogen-bond acceptors (Lipinski definition) is 7. The van der Waals surface area contributed by atoms with Gasteiger partial charge in [0, 0.05) is 17.8 Å². The Kier molecular flexibility index (Phi) is 5.30. The first-order chi connectivity index (χ1) is 13.4. The Morgan fingerprint density at radius 3 is 2.29 bits per heavy atom. The number of ether oxygens (including phenoxy) is 1.